The number of hydrogen-bond acceptors (Lipinski definition) is 2. The second-order valence-corrected chi connectivity index (χ2v) is 6.11. The van der Waals surface area contributed by atoms with Gasteiger partial charge in [-0.3, -0.25) is 4.79 Å². The van der Waals surface area contributed by atoms with Crippen molar-refractivity contribution in [3.63, 3.8) is 0 Å². The summed E-state index contributed by atoms with van der Waals surface area (Å²) in [5, 5.41) is 2.91. The molecular formula is C20H18ClNO2. The molecule has 0 saturated carbocycles. The molecule has 0 fully saturated rings. The highest BCUT2D eigenvalue weighted by molar-refractivity contribution is 6.30. The van der Waals surface area contributed by atoms with Gasteiger partial charge in [0.15, 0.2) is 6.61 Å². The minimum Gasteiger partial charge on any atom is -0.484 e. The van der Waals surface area contributed by atoms with Crippen LogP contribution in [0, 0.1) is 0 Å². The van der Waals surface area contributed by atoms with Crippen LogP contribution in [0.25, 0.3) is 10.8 Å². The van der Waals surface area contributed by atoms with Gasteiger partial charge in [0.05, 0.1) is 0 Å². The molecule has 0 aliphatic rings. The molecule has 3 nitrogen and oxygen atoms in total. The molecule has 1 amide bonds. The van der Waals surface area contributed by atoms with Gasteiger partial charge in [0.1, 0.15) is 5.75 Å². The zero-order valence-corrected chi connectivity index (χ0v) is 14.2. The zero-order valence-electron chi connectivity index (χ0n) is 13.4. The summed E-state index contributed by atoms with van der Waals surface area (Å²) >= 11 is 5.97. The largest absolute Gasteiger partial charge is 0.484 e. The number of ether oxygens (including phenoxy) is 1. The fraction of sp³-hybridized carbons (Fsp3) is 0.150. The summed E-state index contributed by atoms with van der Waals surface area (Å²) in [5.74, 6) is 0.612. The topological polar surface area (TPSA) is 29.5 Å². The molecule has 4 heteroatoms. The lowest BCUT2D eigenvalue weighted by Gasteiger charge is -2.18. The Morgan fingerprint density at radius 1 is 1.00 bits per heavy atom. The van der Waals surface area contributed by atoms with Crippen LogP contribution in [0.2, 0.25) is 5.02 Å². The molecule has 3 rings (SSSR count). The Morgan fingerprint density at radius 3 is 2.58 bits per heavy atom. The van der Waals surface area contributed by atoms with E-state index in [1.165, 1.54) is 0 Å². The van der Waals surface area contributed by atoms with Crippen molar-refractivity contribution >= 4 is 28.3 Å². The minimum absolute atomic E-state index is 0.00933. The van der Waals surface area contributed by atoms with Crippen LogP contribution in [0.15, 0.2) is 66.7 Å². The van der Waals surface area contributed by atoms with Crippen LogP contribution in [0.4, 0.5) is 0 Å². The third-order valence-electron chi connectivity index (χ3n) is 3.82. The first kappa shape index (κ1) is 16.3. The van der Waals surface area contributed by atoms with Gasteiger partial charge < -0.3 is 9.64 Å². The summed E-state index contributed by atoms with van der Waals surface area (Å²) in [5.41, 5.74) is 0.990. The van der Waals surface area contributed by atoms with Gasteiger partial charge in [-0.25, -0.2) is 0 Å². The van der Waals surface area contributed by atoms with Gasteiger partial charge in [0, 0.05) is 18.6 Å². The van der Waals surface area contributed by atoms with E-state index in [1.54, 1.807) is 11.9 Å². The zero-order chi connectivity index (χ0) is 16.9. The van der Waals surface area contributed by atoms with E-state index in [4.69, 9.17) is 16.3 Å². The molecule has 0 saturated heterocycles. The van der Waals surface area contributed by atoms with Gasteiger partial charge in [-0.2, -0.15) is 0 Å². The SMILES string of the molecule is CN(Cc1cccc(Cl)c1)C(=O)COc1ccc2ccccc2c1. The highest BCUT2D eigenvalue weighted by atomic mass is 35.5. The lowest BCUT2D eigenvalue weighted by Crippen LogP contribution is -2.30. The van der Waals surface area contributed by atoms with Gasteiger partial charge in [0.2, 0.25) is 0 Å². The average molecular weight is 340 g/mol. The summed E-state index contributed by atoms with van der Waals surface area (Å²) in [6.07, 6.45) is 0. The Morgan fingerprint density at radius 2 is 1.79 bits per heavy atom. The highest BCUT2D eigenvalue weighted by Crippen LogP contribution is 2.20. The molecule has 122 valence electrons. The van der Waals surface area contributed by atoms with Crippen LogP contribution < -0.4 is 4.74 Å². The molecular weight excluding hydrogens is 322 g/mol. The number of benzene rings is 3. The lowest BCUT2D eigenvalue weighted by atomic mass is 10.1. The van der Waals surface area contributed by atoms with E-state index in [0.717, 1.165) is 16.3 Å². The van der Waals surface area contributed by atoms with Crippen LogP contribution in [-0.2, 0) is 11.3 Å². The van der Waals surface area contributed by atoms with Crippen LogP contribution in [0.3, 0.4) is 0 Å². The maximum atomic E-state index is 12.2. The Labute approximate surface area is 146 Å². The van der Waals surface area contributed by atoms with Gasteiger partial charge >= 0.3 is 0 Å². The van der Waals surface area contributed by atoms with E-state index >= 15 is 0 Å². The number of likely N-dealkylation sites (N-methyl/N-ethyl adjacent to an activating group) is 1. The van der Waals surface area contributed by atoms with Gasteiger partial charge in [-0.05, 0) is 40.6 Å². The number of hydrogen-bond donors (Lipinski definition) is 0. The number of carbonyl (C=O) groups is 1. The molecule has 0 aromatic heterocycles. The minimum atomic E-state index is -0.0804. The predicted octanol–water partition coefficient (Wildman–Crippen LogP) is 4.53. The van der Waals surface area contributed by atoms with Crippen molar-refractivity contribution < 1.29 is 9.53 Å². The molecule has 0 aliphatic heterocycles. The predicted molar refractivity (Wildman–Crippen MR) is 97.4 cm³/mol. The number of rotatable bonds is 5. The van der Waals surface area contributed by atoms with Crippen molar-refractivity contribution in [1.82, 2.24) is 4.90 Å². The van der Waals surface area contributed by atoms with Crippen LogP contribution in [0.5, 0.6) is 5.75 Å². The van der Waals surface area contributed by atoms with E-state index < -0.39 is 0 Å². The first-order chi connectivity index (χ1) is 11.6. The first-order valence-electron chi connectivity index (χ1n) is 7.72. The smallest absolute Gasteiger partial charge is 0.260 e. The quantitative estimate of drug-likeness (QED) is 0.683. The lowest BCUT2D eigenvalue weighted by molar-refractivity contribution is -0.132. The summed E-state index contributed by atoms with van der Waals surface area (Å²) in [7, 11) is 1.76. The molecule has 0 unspecified atom stereocenters. The average Bonchev–Trinajstić information content (AvgIpc) is 2.59. The number of halogens is 1. The Kier molecular flexibility index (Phi) is 5.02. The van der Waals surface area contributed by atoms with Crippen LogP contribution in [-0.4, -0.2) is 24.5 Å². The van der Waals surface area contributed by atoms with Crippen molar-refractivity contribution in [2.24, 2.45) is 0 Å². The number of carbonyl (C=O) groups excluding carboxylic acids is 1. The molecule has 24 heavy (non-hydrogen) atoms. The van der Waals surface area contributed by atoms with E-state index in [-0.39, 0.29) is 12.5 Å². The Bertz CT molecular complexity index is 863. The molecule has 0 heterocycles. The monoisotopic (exact) mass is 339 g/mol. The standard InChI is InChI=1S/C20H18ClNO2/c1-22(13-15-5-4-8-18(21)11-15)20(23)14-24-19-10-9-16-6-2-3-7-17(16)12-19/h2-12H,13-14H2,1H3. The number of fused-ring (bicyclic) bond motifs is 1. The van der Waals surface area contributed by atoms with E-state index in [9.17, 15) is 4.79 Å². The highest BCUT2D eigenvalue weighted by Gasteiger charge is 2.10. The maximum absolute atomic E-state index is 12.2. The third-order valence-corrected chi connectivity index (χ3v) is 4.05. The molecule has 0 aliphatic carbocycles. The molecule has 0 atom stereocenters. The Balaban J connectivity index is 1.59. The van der Waals surface area contributed by atoms with E-state index in [2.05, 4.69) is 0 Å². The molecule has 0 bridgehead atoms. The van der Waals surface area contributed by atoms with Crippen molar-refractivity contribution in [3.8, 4) is 5.75 Å². The summed E-state index contributed by atoms with van der Waals surface area (Å²) in [4.78, 5) is 13.9. The van der Waals surface area contributed by atoms with Crippen molar-refractivity contribution in [2.75, 3.05) is 13.7 Å². The summed E-state index contributed by atoms with van der Waals surface area (Å²) < 4.78 is 5.64. The molecule has 0 radical (unpaired) electrons. The fourth-order valence-corrected chi connectivity index (χ4v) is 2.72. The fourth-order valence-electron chi connectivity index (χ4n) is 2.51. The summed E-state index contributed by atoms with van der Waals surface area (Å²) in [6.45, 7) is 0.510. The summed E-state index contributed by atoms with van der Waals surface area (Å²) in [6, 6.07) is 21.4. The molecule has 0 spiro atoms. The van der Waals surface area contributed by atoms with Crippen molar-refractivity contribution in [3.05, 3.63) is 77.3 Å². The van der Waals surface area contributed by atoms with Gasteiger partial charge in [0.25, 0.3) is 5.91 Å². The van der Waals surface area contributed by atoms with Gasteiger partial charge in [-0.1, -0.05) is 54.1 Å². The second-order valence-electron chi connectivity index (χ2n) is 5.68. The molecule has 3 aromatic rings. The van der Waals surface area contributed by atoms with Crippen molar-refractivity contribution in [2.45, 2.75) is 6.54 Å². The molecule has 0 N–H and O–H groups in total. The van der Waals surface area contributed by atoms with E-state index in [1.807, 2.05) is 66.7 Å². The van der Waals surface area contributed by atoms with E-state index in [0.29, 0.717) is 17.3 Å². The van der Waals surface area contributed by atoms with Crippen LogP contribution >= 0.6 is 11.6 Å². The second kappa shape index (κ2) is 7.37. The van der Waals surface area contributed by atoms with Gasteiger partial charge in [-0.15, -0.1) is 0 Å². The van der Waals surface area contributed by atoms with Crippen molar-refractivity contribution in [1.29, 1.82) is 0 Å². The first-order valence-corrected chi connectivity index (χ1v) is 8.09. The third kappa shape index (κ3) is 4.06. The number of nitrogens with zero attached hydrogens (tertiary/aromatic N) is 1. The Hall–Kier alpha value is -2.52. The van der Waals surface area contributed by atoms with Crippen LogP contribution in [0.1, 0.15) is 5.56 Å². The maximum Gasteiger partial charge on any atom is 0.260 e. The normalized spacial score (nSPS) is 10.6. The number of amides is 1. The molecule has 3 aromatic carbocycles.